The summed E-state index contributed by atoms with van der Waals surface area (Å²) in [5.74, 6) is 0. The van der Waals surface area contributed by atoms with Crippen molar-refractivity contribution < 1.29 is 0 Å². The first-order chi connectivity index (χ1) is 7.67. The van der Waals surface area contributed by atoms with E-state index in [-0.39, 0.29) is 0 Å². The molecule has 4 nitrogen and oxygen atoms in total. The predicted molar refractivity (Wildman–Crippen MR) is 68.8 cm³/mol. The number of aromatic nitrogens is 2. The van der Waals surface area contributed by atoms with Crippen LogP contribution in [0.5, 0.6) is 0 Å². The van der Waals surface area contributed by atoms with Gasteiger partial charge in [-0.25, -0.2) is 4.68 Å². The molecule has 4 heteroatoms. The molecule has 16 heavy (non-hydrogen) atoms. The van der Waals surface area contributed by atoms with E-state index in [1.165, 1.54) is 6.20 Å². The van der Waals surface area contributed by atoms with Gasteiger partial charge in [-0.1, -0.05) is 6.58 Å². The first-order valence-electron chi connectivity index (χ1n) is 5.20. The molecular weight excluding hydrogens is 200 g/mol. The van der Waals surface area contributed by atoms with Crippen LogP contribution in [0.15, 0.2) is 43.4 Å². The molecule has 0 amide bonds. The van der Waals surface area contributed by atoms with E-state index in [2.05, 4.69) is 30.8 Å². The minimum Gasteiger partial charge on any atom is -0.405 e. The van der Waals surface area contributed by atoms with Gasteiger partial charge in [0.15, 0.2) is 0 Å². The molecule has 0 fully saturated rings. The number of nitrogens with one attached hydrogen (secondary N) is 1. The normalized spacial score (nSPS) is 12.3. The van der Waals surface area contributed by atoms with Crippen LogP contribution < -0.4 is 11.1 Å². The Hall–Kier alpha value is -1.97. The van der Waals surface area contributed by atoms with Gasteiger partial charge in [-0.05, 0) is 38.3 Å². The van der Waals surface area contributed by atoms with E-state index in [0.29, 0.717) is 6.04 Å². The summed E-state index contributed by atoms with van der Waals surface area (Å²) in [6, 6.07) is 0.387. The Labute approximate surface area is 96.1 Å². The zero-order valence-electron chi connectivity index (χ0n) is 9.72. The lowest BCUT2D eigenvalue weighted by molar-refractivity contribution is 0.897. The molecule has 0 saturated heterocycles. The lowest BCUT2D eigenvalue weighted by atomic mass is 10.3. The Kier molecular flexibility index (Phi) is 4.39. The summed E-state index contributed by atoms with van der Waals surface area (Å²) >= 11 is 0. The summed E-state index contributed by atoms with van der Waals surface area (Å²) in [6.45, 7) is 7.90. The second kappa shape index (κ2) is 5.80. The van der Waals surface area contributed by atoms with Gasteiger partial charge in [0, 0.05) is 6.04 Å². The fraction of sp³-hybridized carbons (Fsp3) is 0.250. The van der Waals surface area contributed by atoms with E-state index in [1.54, 1.807) is 23.0 Å². The van der Waals surface area contributed by atoms with Gasteiger partial charge >= 0.3 is 0 Å². The van der Waals surface area contributed by atoms with Crippen molar-refractivity contribution in [2.24, 2.45) is 5.73 Å². The van der Waals surface area contributed by atoms with Crippen LogP contribution in [0.4, 0.5) is 5.69 Å². The Balaban J connectivity index is 2.86. The summed E-state index contributed by atoms with van der Waals surface area (Å²) in [5, 5.41) is 7.51. The number of nitrogens with two attached hydrogens (primary N) is 1. The smallest absolute Gasteiger partial charge is 0.0733 e. The molecule has 0 aliphatic heterocycles. The molecule has 0 radical (unpaired) electrons. The van der Waals surface area contributed by atoms with Gasteiger partial charge in [0.05, 0.1) is 23.8 Å². The van der Waals surface area contributed by atoms with Crippen LogP contribution in [0, 0.1) is 0 Å². The van der Waals surface area contributed by atoms with E-state index < -0.39 is 0 Å². The SMILES string of the molecule is C=CC(=CC=CN)n1cc(NC(C)C)cn1. The number of hydrogen-bond donors (Lipinski definition) is 2. The standard InChI is InChI=1S/C12H18N4/c1-4-12(6-5-7-13)16-9-11(8-14-16)15-10(2)3/h4-10,15H,1,13H2,2-3H3. The lowest BCUT2D eigenvalue weighted by Crippen LogP contribution is -2.08. The van der Waals surface area contributed by atoms with Gasteiger partial charge in [0.1, 0.15) is 0 Å². The Morgan fingerprint density at radius 3 is 2.94 bits per heavy atom. The number of nitrogens with zero attached hydrogens (tertiary/aromatic N) is 2. The molecule has 1 aromatic rings. The van der Waals surface area contributed by atoms with E-state index in [4.69, 9.17) is 5.73 Å². The second-order valence-electron chi connectivity index (χ2n) is 3.65. The van der Waals surface area contributed by atoms with Crippen molar-refractivity contribution in [2.45, 2.75) is 19.9 Å². The molecular formula is C12H18N4. The number of hydrogen-bond acceptors (Lipinski definition) is 3. The van der Waals surface area contributed by atoms with Crippen molar-refractivity contribution in [3.8, 4) is 0 Å². The second-order valence-corrected chi connectivity index (χ2v) is 3.65. The molecule has 1 rings (SSSR count). The Morgan fingerprint density at radius 2 is 2.38 bits per heavy atom. The van der Waals surface area contributed by atoms with Crippen LogP contribution >= 0.6 is 0 Å². The van der Waals surface area contributed by atoms with Crippen LogP contribution in [0.2, 0.25) is 0 Å². The number of anilines is 1. The van der Waals surface area contributed by atoms with E-state index in [1.807, 2.05) is 12.3 Å². The third-order valence-electron chi connectivity index (χ3n) is 1.89. The summed E-state index contributed by atoms with van der Waals surface area (Å²) < 4.78 is 1.75. The van der Waals surface area contributed by atoms with Crippen LogP contribution in [0.25, 0.3) is 5.70 Å². The van der Waals surface area contributed by atoms with E-state index in [9.17, 15) is 0 Å². The van der Waals surface area contributed by atoms with Crippen LogP contribution in [0.3, 0.4) is 0 Å². The molecule has 0 aliphatic rings. The molecule has 86 valence electrons. The average molecular weight is 218 g/mol. The van der Waals surface area contributed by atoms with Gasteiger partial charge in [0.2, 0.25) is 0 Å². The molecule has 0 aliphatic carbocycles. The van der Waals surface area contributed by atoms with Gasteiger partial charge < -0.3 is 11.1 Å². The van der Waals surface area contributed by atoms with E-state index in [0.717, 1.165) is 11.4 Å². The Bertz CT molecular complexity index is 399. The van der Waals surface area contributed by atoms with Crippen molar-refractivity contribution in [1.29, 1.82) is 0 Å². The topological polar surface area (TPSA) is 55.9 Å². The summed E-state index contributed by atoms with van der Waals surface area (Å²) in [5.41, 5.74) is 7.14. The highest BCUT2D eigenvalue weighted by molar-refractivity contribution is 5.59. The van der Waals surface area contributed by atoms with Gasteiger partial charge in [-0.15, -0.1) is 0 Å². The summed E-state index contributed by atoms with van der Waals surface area (Å²) in [4.78, 5) is 0. The van der Waals surface area contributed by atoms with Crippen molar-refractivity contribution in [1.82, 2.24) is 9.78 Å². The quantitative estimate of drug-likeness (QED) is 0.745. The minimum atomic E-state index is 0.387. The highest BCUT2D eigenvalue weighted by Crippen LogP contribution is 2.11. The highest BCUT2D eigenvalue weighted by atomic mass is 15.3. The first-order valence-corrected chi connectivity index (χ1v) is 5.20. The molecule has 0 spiro atoms. The maximum atomic E-state index is 5.28. The third kappa shape index (κ3) is 3.31. The molecule has 3 N–H and O–H groups in total. The van der Waals surface area contributed by atoms with E-state index >= 15 is 0 Å². The highest BCUT2D eigenvalue weighted by Gasteiger charge is 2.01. The molecule has 0 atom stereocenters. The van der Waals surface area contributed by atoms with Crippen LogP contribution in [0.1, 0.15) is 13.8 Å². The zero-order valence-corrected chi connectivity index (χ0v) is 9.72. The van der Waals surface area contributed by atoms with Crippen molar-refractivity contribution in [2.75, 3.05) is 5.32 Å². The lowest BCUT2D eigenvalue weighted by Gasteiger charge is -2.05. The van der Waals surface area contributed by atoms with Gasteiger partial charge in [0.25, 0.3) is 0 Å². The fourth-order valence-corrected chi connectivity index (χ4v) is 1.26. The molecule has 0 aromatic carbocycles. The fourth-order valence-electron chi connectivity index (χ4n) is 1.26. The Morgan fingerprint density at radius 1 is 1.62 bits per heavy atom. The minimum absolute atomic E-state index is 0.387. The molecule has 1 aromatic heterocycles. The summed E-state index contributed by atoms with van der Waals surface area (Å²) in [7, 11) is 0. The molecule has 1 heterocycles. The molecule has 0 unspecified atom stereocenters. The maximum absolute atomic E-state index is 5.28. The first kappa shape index (κ1) is 12.1. The monoisotopic (exact) mass is 218 g/mol. The maximum Gasteiger partial charge on any atom is 0.0733 e. The molecule has 0 saturated carbocycles. The summed E-state index contributed by atoms with van der Waals surface area (Å²) in [6.07, 6.45) is 10.5. The van der Waals surface area contributed by atoms with Crippen LogP contribution in [-0.4, -0.2) is 15.8 Å². The van der Waals surface area contributed by atoms with Crippen molar-refractivity contribution in [3.05, 3.63) is 43.4 Å². The average Bonchev–Trinajstić information content (AvgIpc) is 2.67. The van der Waals surface area contributed by atoms with Gasteiger partial charge in [-0.2, -0.15) is 5.10 Å². The van der Waals surface area contributed by atoms with Crippen molar-refractivity contribution >= 4 is 11.4 Å². The largest absolute Gasteiger partial charge is 0.405 e. The third-order valence-corrected chi connectivity index (χ3v) is 1.89. The van der Waals surface area contributed by atoms with Crippen molar-refractivity contribution in [3.63, 3.8) is 0 Å². The van der Waals surface area contributed by atoms with Crippen LogP contribution in [-0.2, 0) is 0 Å². The number of allylic oxidation sites excluding steroid dienone is 4. The predicted octanol–water partition coefficient (Wildman–Crippen LogP) is 2.20. The van der Waals surface area contributed by atoms with Gasteiger partial charge in [-0.3, -0.25) is 0 Å². The number of rotatable bonds is 5. The molecule has 0 bridgehead atoms. The zero-order chi connectivity index (χ0) is 12.0.